The van der Waals surface area contributed by atoms with Crippen LogP contribution in [0.1, 0.15) is 46.7 Å². The molecule has 34 heavy (non-hydrogen) atoms. The molecule has 0 radical (unpaired) electrons. The van der Waals surface area contributed by atoms with Crippen LogP contribution in [0.15, 0.2) is 72.3 Å². The molecule has 6 heteroatoms. The van der Waals surface area contributed by atoms with E-state index in [-0.39, 0.29) is 16.9 Å². The van der Waals surface area contributed by atoms with Gasteiger partial charge in [0.2, 0.25) is 0 Å². The molecule has 3 aromatic carbocycles. The number of fused-ring (bicyclic) bond motifs is 1. The summed E-state index contributed by atoms with van der Waals surface area (Å²) in [5, 5.41) is 20.4. The van der Waals surface area contributed by atoms with Gasteiger partial charge in [-0.2, -0.15) is 5.26 Å². The van der Waals surface area contributed by atoms with Gasteiger partial charge in [0, 0.05) is 16.8 Å². The molecule has 0 spiro atoms. The van der Waals surface area contributed by atoms with Crippen molar-refractivity contribution in [2.45, 2.75) is 31.7 Å². The summed E-state index contributed by atoms with van der Waals surface area (Å²) in [6.07, 6.45) is 4.01. The van der Waals surface area contributed by atoms with Crippen molar-refractivity contribution in [3.05, 3.63) is 106 Å². The van der Waals surface area contributed by atoms with Crippen LogP contribution in [-0.4, -0.2) is 16.8 Å². The third kappa shape index (κ3) is 3.56. The second-order valence-corrected chi connectivity index (χ2v) is 8.54. The molecule has 168 valence electrons. The molecule has 3 aromatic rings. The van der Waals surface area contributed by atoms with Crippen LogP contribution in [0.3, 0.4) is 0 Å². The molecule has 1 fully saturated rings. The molecular formula is C28H21FN2O3. The van der Waals surface area contributed by atoms with Gasteiger partial charge in [-0.15, -0.1) is 0 Å². The van der Waals surface area contributed by atoms with Gasteiger partial charge >= 0.3 is 0 Å². The average Bonchev–Trinajstić information content (AvgIpc) is 3.13. The zero-order chi connectivity index (χ0) is 23.8. The first-order chi connectivity index (χ1) is 16.5. The van der Waals surface area contributed by atoms with E-state index in [1.165, 1.54) is 52.9 Å². The Kier molecular flexibility index (Phi) is 5.46. The van der Waals surface area contributed by atoms with Crippen LogP contribution < -0.4 is 4.90 Å². The molecule has 1 aliphatic heterocycles. The number of carbonyl (C=O) groups is 2. The lowest BCUT2D eigenvalue weighted by Gasteiger charge is -2.26. The van der Waals surface area contributed by atoms with Crippen LogP contribution in [0, 0.1) is 17.1 Å². The van der Waals surface area contributed by atoms with Gasteiger partial charge in [-0.3, -0.25) is 14.5 Å². The zero-order valence-corrected chi connectivity index (χ0v) is 18.3. The zero-order valence-electron chi connectivity index (χ0n) is 18.3. The molecule has 1 N–H and O–H groups in total. The first kappa shape index (κ1) is 21.6. The number of rotatable bonds is 3. The van der Waals surface area contributed by atoms with Crippen molar-refractivity contribution in [2.24, 2.45) is 0 Å². The molecule has 5 nitrogen and oxygen atoms in total. The number of amides is 1. The summed E-state index contributed by atoms with van der Waals surface area (Å²) >= 11 is 0. The number of nitrogens with zero attached hydrogens (tertiary/aromatic N) is 2. The SMILES string of the molecule is N#Cc1ccc(N2C(=O)C(=O)/C(=C(/O)c3ccc4c(c3)CCCC4)C2c2ccccc2F)cc1. The molecule has 0 saturated carbocycles. The Labute approximate surface area is 196 Å². The predicted octanol–water partition coefficient (Wildman–Crippen LogP) is 5.20. The Morgan fingerprint density at radius 2 is 1.68 bits per heavy atom. The molecule has 2 aliphatic rings. The van der Waals surface area contributed by atoms with E-state index in [2.05, 4.69) is 0 Å². The Hall–Kier alpha value is -4.24. The quantitative estimate of drug-likeness (QED) is 0.336. The molecule has 1 saturated heterocycles. The van der Waals surface area contributed by atoms with Gasteiger partial charge in [0.15, 0.2) is 0 Å². The van der Waals surface area contributed by atoms with E-state index in [0.717, 1.165) is 31.2 Å². The summed E-state index contributed by atoms with van der Waals surface area (Å²) in [5.74, 6) is -2.66. The van der Waals surface area contributed by atoms with Gasteiger partial charge in [0.05, 0.1) is 23.2 Å². The fourth-order valence-corrected chi connectivity index (χ4v) is 4.82. The summed E-state index contributed by atoms with van der Waals surface area (Å²) in [5.41, 5.74) is 3.42. The van der Waals surface area contributed by atoms with E-state index in [9.17, 15) is 19.1 Å². The summed E-state index contributed by atoms with van der Waals surface area (Å²) in [6.45, 7) is 0. The van der Waals surface area contributed by atoms with E-state index < -0.39 is 23.5 Å². The number of hydrogen-bond donors (Lipinski definition) is 1. The minimum Gasteiger partial charge on any atom is -0.507 e. The number of anilines is 1. The van der Waals surface area contributed by atoms with Gasteiger partial charge in [0.1, 0.15) is 11.6 Å². The maximum Gasteiger partial charge on any atom is 0.300 e. The lowest BCUT2D eigenvalue weighted by molar-refractivity contribution is -0.132. The monoisotopic (exact) mass is 452 g/mol. The number of ketones is 1. The molecule has 0 bridgehead atoms. The number of carbonyl (C=O) groups excluding carboxylic acids is 2. The largest absolute Gasteiger partial charge is 0.507 e. The smallest absolute Gasteiger partial charge is 0.300 e. The van der Waals surface area contributed by atoms with Crippen molar-refractivity contribution in [3.8, 4) is 6.07 Å². The minimum absolute atomic E-state index is 0.102. The number of hydrogen-bond acceptors (Lipinski definition) is 4. The Balaban J connectivity index is 1.70. The second kappa shape index (κ2) is 8.60. The maximum absolute atomic E-state index is 15.0. The number of benzene rings is 3. The van der Waals surface area contributed by atoms with Crippen LogP contribution >= 0.6 is 0 Å². The van der Waals surface area contributed by atoms with Crippen molar-refractivity contribution in [1.82, 2.24) is 0 Å². The number of aliphatic hydroxyl groups excluding tert-OH is 1. The van der Waals surface area contributed by atoms with Crippen molar-refractivity contribution in [2.75, 3.05) is 4.90 Å². The van der Waals surface area contributed by atoms with Crippen LogP contribution in [0.2, 0.25) is 0 Å². The molecule has 1 atom stereocenters. The van der Waals surface area contributed by atoms with Crippen LogP contribution in [-0.2, 0) is 22.4 Å². The Morgan fingerprint density at radius 1 is 0.971 bits per heavy atom. The Morgan fingerprint density at radius 3 is 2.38 bits per heavy atom. The van der Waals surface area contributed by atoms with E-state index in [0.29, 0.717) is 16.8 Å². The van der Waals surface area contributed by atoms with Gasteiger partial charge in [-0.25, -0.2) is 4.39 Å². The summed E-state index contributed by atoms with van der Waals surface area (Å²) in [6, 6.07) is 18.4. The summed E-state index contributed by atoms with van der Waals surface area (Å²) in [4.78, 5) is 27.6. The highest BCUT2D eigenvalue weighted by molar-refractivity contribution is 6.51. The Bertz CT molecular complexity index is 1390. The van der Waals surface area contributed by atoms with Crippen molar-refractivity contribution in [1.29, 1.82) is 5.26 Å². The average molecular weight is 452 g/mol. The van der Waals surface area contributed by atoms with E-state index in [1.54, 1.807) is 12.1 Å². The molecule has 1 amide bonds. The van der Waals surface area contributed by atoms with Crippen LogP contribution in [0.25, 0.3) is 5.76 Å². The summed E-state index contributed by atoms with van der Waals surface area (Å²) in [7, 11) is 0. The highest BCUT2D eigenvalue weighted by atomic mass is 19.1. The molecule has 1 unspecified atom stereocenters. The first-order valence-corrected chi connectivity index (χ1v) is 11.2. The van der Waals surface area contributed by atoms with E-state index >= 15 is 0 Å². The standard InChI is InChI=1S/C28H21FN2O3/c29-23-8-4-3-7-22(23)25-24(26(32)20-12-11-18-5-1-2-6-19(18)15-20)27(33)28(34)31(25)21-13-9-17(16-30)10-14-21/h3-4,7-15,25,32H,1-2,5-6H2/b26-24+. The fourth-order valence-electron chi connectivity index (χ4n) is 4.82. The highest BCUT2D eigenvalue weighted by Gasteiger charge is 2.47. The molecule has 5 rings (SSSR count). The number of aliphatic hydroxyl groups is 1. The van der Waals surface area contributed by atoms with Crippen molar-refractivity contribution in [3.63, 3.8) is 0 Å². The highest BCUT2D eigenvalue weighted by Crippen LogP contribution is 2.43. The third-order valence-corrected chi connectivity index (χ3v) is 6.54. The van der Waals surface area contributed by atoms with Crippen molar-refractivity contribution < 1.29 is 19.1 Å². The lowest BCUT2D eigenvalue weighted by atomic mass is 9.88. The van der Waals surface area contributed by atoms with Gasteiger partial charge in [-0.1, -0.05) is 30.3 Å². The number of halogens is 1. The summed E-state index contributed by atoms with van der Waals surface area (Å²) < 4.78 is 15.0. The molecule has 1 heterocycles. The van der Waals surface area contributed by atoms with E-state index in [1.807, 2.05) is 18.2 Å². The minimum atomic E-state index is -1.15. The number of nitriles is 1. The van der Waals surface area contributed by atoms with Crippen molar-refractivity contribution >= 4 is 23.1 Å². The van der Waals surface area contributed by atoms with Gasteiger partial charge in [0.25, 0.3) is 11.7 Å². The number of Topliss-reactive ketones (excluding diaryl/α,β-unsaturated/α-hetero) is 1. The first-order valence-electron chi connectivity index (χ1n) is 11.2. The molecule has 0 aromatic heterocycles. The lowest BCUT2D eigenvalue weighted by Crippen LogP contribution is -2.29. The molecular weight excluding hydrogens is 431 g/mol. The van der Waals surface area contributed by atoms with Crippen LogP contribution in [0.5, 0.6) is 0 Å². The van der Waals surface area contributed by atoms with Crippen LogP contribution in [0.4, 0.5) is 10.1 Å². The fraction of sp³-hybridized carbons (Fsp3) is 0.179. The molecule has 1 aliphatic carbocycles. The topological polar surface area (TPSA) is 81.4 Å². The normalized spacial score (nSPS) is 19.1. The third-order valence-electron chi connectivity index (χ3n) is 6.54. The predicted molar refractivity (Wildman–Crippen MR) is 125 cm³/mol. The van der Waals surface area contributed by atoms with Gasteiger partial charge in [-0.05, 0) is 73.2 Å². The second-order valence-electron chi connectivity index (χ2n) is 8.54. The number of aryl methyl sites for hydroxylation is 2. The van der Waals surface area contributed by atoms with Gasteiger partial charge < -0.3 is 5.11 Å². The maximum atomic E-state index is 15.0. The van der Waals surface area contributed by atoms with E-state index in [4.69, 9.17) is 5.26 Å².